The summed E-state index contributed by atoms with van der Waals surface area (Å²) in [5.41, 5.74) is -0.710. The van der Waals surface area contributed by atoms with Crippen LogP contribution >= 0.6 is 0 Å². The predicted octanol–water partition coefficient (Wildman–Crippen LogP) is 0.357. The standard InChI is InChI=1S/C12H16FNO4/c1-12(6-15,7-16)14-5-8-2-3-9(11(17)18)10(13)4-8/h2-4,14-16H,5-7H2,1H3,(H,17,18). The van der Waals surface area contributed by atoms with Gasteiger partial charge in [-0.25, -0.2) is 9.18 Å². The molecule has 0 aromatic heterocycles. The van der Waals surface area contributed by atoms with Gasteiger partial charge < -0.3 is 20.6 Å². The number of carboxylic acid groups (broad SMARTS) is 1. The molecule has 1 aromatic rings. The molecule has 0 heterocycles. The quantitative estimate of drug-likeness (QED) is 0.590. The first-order valence-electron chi connectivity index (χ1n) is 5.40. The lowest BCUT2D eigenvalue weighted by Gasteiger charge is -2.26. The van der Waals surface area contributed by atoms with Crippen molar-refractivity contribution in [2.75, 3.05) is 13.2 Å². The van der Waals surface area contributed by atoms with Crippen molar-refractivity contribution >= 4 is 5.97 Å². The molecule has 1 aromatic carbocycles. The van der Waals surface area contributed by atoms with Crippen LogP contribution in [0.15, 0.2) is 18.2 Å². The lowest BCUT2D eigenvalue weighted by Crippen LogP contribution is -2.48. The highest BCUT2D eigenvalue weighted by molar-refractivity contribution is 5.87. The molecule has 0 unspecified atom stereocenters. The molecule has 0 spiro atoms. The van der Waals surface area contributed by atoms with E-state index in [-0.39, 0.29) is 25.3 Å². The molecule has 0 amide bonds. The Kier molecular flexibility index (Phi) is 4.77. The number of carboxylic acids is 1. The molecule has 0 atom stereocenters. The van der Waals surface area contributed by atoms with Crippen LogP contribution in [0, 0.1) is 5.82 Å². The number of carbonyl (C=O) groups is 1. The summed E-state index contributed by atoms with van der Waals surface area (Å²) in [7, 11) is 0. The topological polar surface area (TPSA) is 89.8 Å². The number of aliphatic hydroxyl groups is 2. The molecule has 0 aliphatic heterocycles. The van der Waals surface area contributed by atoms with Gasteiger partial charge in [0.2, 0.25) is 0 Å². The Morgan fingerprint density at radius 1 is 1.39 bits per heavy atom. The maximum atomic E-state index is 13.4. The molecule has 18 heavy (non-hydrogen) atoms. The third kappa shape index (κ3) is 3.49. The molecule has 0 fully saturated rings. The first-order chi connectivity index (χ1) is 8.41. The van der Waals surface area contributed by atoms with Crippen molar-refractivity contribution in [2.45, 2.75) is 19.0 Å². The molecule has 0 saturated heterocycles. The fourth-order valence-electron chi connectivity index (χ4n) is 1.32. The Hall–Kier alpha value is -1.50. The number of aliphatic hydroxyl groups excluding tert-OH is 2. The van der Waals surface area contributed by atoms with Gasteiger partial charge in [0.25, 0.3) is 0 Å². The number of hydrogen-bond donors (Lipinski definition) is 4. The van der Waals surface area contributed by atoms with E-state index in [0.717, 1.165) is 6.07 Å². The van der Waals surface area contributed by atoms with Crippen LogP contribution in [0.25, 0.3) is 0 Å². The average Bonchev–Trinajstić information content (AvgIpc) is 2.35. The van der Waals surface area contributed by atoms with Gasteiger partial charge in [-0.05, 0) is 24.6 Å². The lowest BCUT2D eigenvalue weighted by molar-refractivity contribution is 0.0692. The van der Waals surface area contributed by atoms with Gasteiger partial charge in [-0.15, -0.1) is 0 Å². The smallest absolute Gasteiger partial charge is 0.338 e. The first kappa shape index (κ1) is 14.6. The minimum atomic E-state index is -1.32. The van der Waals surface area contributed by atoms with Crippen LogP contribution in [0.2, 0.25) is 0 Å². The number of halogens is 1. The van der Waals surface area contributed by atoms with E-state index in [1.165, 1.54) is 12.1 Å². The van der Waals surface area contributed by atoms with Crippen LogP contribution in [0.4, 0.5) is 4.39 Å². The fraction of sp³-hybridized carbons (Fsp3) is 0.417. The summed E-state index contributed by atoms with van der Waals surface area (Å²) in [5, 5.41) is 29.7. The first-order valence-corrected chi connectivity index (χ1v) is 5.40. The van der Waals surface area contributed by atoms with E-state index in [1.807, 2.05) is 0 Å². The van der Waals surface area contributed by atoms with Crippen molar-refractivity contribution in [3.05, 3.63) is 35.1 Å². The number of nitrogens with one attached hydrogen (secondary N) is 1. The molecule has 6 heteroatoms. The van der Waals surface area contributed by atoms with Gasteiger partial charge in [-0.2, -0.15) is 0 Å². The lowest BCUT2D eigenvalue weighted by atomic mass is 10.0. The summed E-state index contributed by atoms with van der Waals surface area (Å²) in [6.07, 6.45) is 0. The average molecular weight is 257 g/mol. The van der Waals surface area contributed by atoms with Crippen LogP contribution in [-0.2, 0) is 6.54 Å². The molecule has 0 aliphatic carbocycles. The summed E-state index contributed by atoms with van der Waals surface area (Å²) in [5.74, 6) is -2.13. The summed E-state index contributed by atoms with van der Waals surface area (Å²) < 4.78 is 13.4. The molecule has 5 nitrogen and oxygen atoms in total. The van der Waals surface area contributed by atoms with Crippen LogP contribution in [0.5, 0.6) is 0 Å². The Balaban J connectivity index is 2.75. The van der Waals surface area contributed by atoms with Crippen LogP contribution in [0.1, 0.15) is 22.8 Å². The van der Waals surface area contributed by atoms with Gasteiger partial charge in [-0.3, -0.25) is 0 Å². The Morgan fingerprint density at radius 2 is 2.00 bits per heavy atom. The third-order valence-electron chi connectivity index (χ3n) is 2.68. The largest absolute Gasteiger partial charge is 0.478 e. The molecule has 0 bridgehead atoms. The summed E-state index contributed by atoms with van der Waals surface area (Å²) in [6.45, 7) is 1.31. The number of rotatable bonds is 6. The Labute approximate surface area is 104 Å². The second-order valence-corrected chi connectivity index (χ2v) is 4.35. The van der Waals surface area contributed by atoms with Crippen LogP contribution in [-0.4, -0.2) is 40.0 Å². The second-order valence-electron chi connectivity index (χ2n) is 4.35. The molecular weight excluding hydrogens is 241 g/mol. The highest BCUT2D eigenvalue weighted by atomic mass is 19.1. The van der Waals surface area contributed by atoms with Crippen molar-refractivity contribution in [1.82, 2.24) is 5.32 Å². The minimum Gasteiger partial charge on any atom is -0.478 e. The summed E-state index contributed by atoms with van der Waals surface area (Å²) in [4.78, 5) is 10.6. The molecule has 1 rings (SSSR count). The van der Waals surface area contributed by atoms with Gasteiger partial charge in [0, 0.05) is 6.54 Å². The SMILES string of the molecule is CC(CO)(CO)NCc1ccc(C(=O)O)c(F)c1. The molecule has 0 aliphatic rings. The van der Waals surface area contributed by atoms with Gasteiger partial charge >= 0.3 is 5.97 Å². The van der Waals surface area contributed by atoms with E-state index < -0.39 is 17.3 Å². The number of hydrogen-bond acceptors (Lipinski definition) is 4. The van der Waals surface area contributed by atoms with Crippen molar-refractivity contribution in [1.29, 1.82) is 0 Å². The highest BCUT2D eigenvalue weighted by Gasteiger charge is 2.21. The fourth-order valence-corrected chi connectivity index (χ4v) is 1.32. The molecular formula is C12H16FNO4. The van der Waals surface area contributed by atoms with Crippen molar-refractivity contribution < 1.29 is 24.5 Å². The van der Waals surface area contributed by atoms with Gasteiger partial charge in [-0.1, -0.05) is 6.07 Å². The molecule has 0 radical (unpaired) electrons. The van der Waals surface area contributed by atoms with E-state index in [9.17, 15) is 9.18 Å². The Morgan fingerprint density at radius 3 is 2.44 bits per heavy atom. The van der Waals surface area contributed by atoms with Gasteiger partial charge in [0.1, 0.15) is 5.82 Å². The van der Waals surface area contributed by atoms with Crippen LogP contribution in [0.3, 0.4) is 0 Å². The third-order valence-corrected chi connectivity index (χ3v) is 2.68. The van der Waals surface area contributed by atoms with E-state index in [1.54, 1.807) is 6.92 Å². The van der Waals surface area contributed by atoms with E-state index in [0.29, 0.717) is 5.56 Å². The molecule has 4 N–H and O–H groups in total. The van der Waals surface area contributed by atoms with Gasteiger partial charge in [0.05, 0.1) is 24.3 Å². The molecule has 100 valence electrons. The zero-order valence-electron chi connectivity index (χ0n) is 9.98. The number of aromatic carboxylic acids is 1. The predicted molar refractivity (Wildman–Crippen MR) is 62.8 cm³/mol. The number of benzene rings is 1. The van der Waals surface area contributed by atoms with Crippen molar-refractivity contribution in [2.24, 2.45) is 0 Å². The van der Waals surface area contributed by atoms with Crippen molar-refractivity contribution in [3.8, 4) is 0 Å². The maximum Gasteiger partial charge on any atom is 0.338 e. The van der Waals surface area contributed by atoms with E-state index in [4.69, 9.17) is 15.3 Å². The minimum absolute atomic E-state index is 0.217. The normalized spacial score (nSPS) is 11.6. The zero-order valence-corrected chi connectivity index (χ0v) is 9.98. The van der Waals surface area contributed by atoms with E-state index in [2.05, 4.69) is 5.32 Å². The zero-order chi connectivity index (χ0) is 13.8. The Bertz CT molecular complexity index is 432. The summed E-state index contributed by atoms with van der Waals surface area (Å²) >= 11 is 0. The van der Waals surface area contributed by atoms with E-state index >= 15 is 0 Å². The summed E-state index contributed by atoms with van der Waals surface area (Å²) in [6, 6.07) is 3.78. The second kappa shape index (κ2) is 5.90. The molecule has 0 saturated carbocycles. The van der Waals surface area contributed by atoms with Gasteiger partial charge in [0.15, 0.2) is 0 Å². The van der Waals surface area contributed by atoms with Crippen LogP contribution < -0.4 is 5.32 Å². The monoisotopic (exact) mass is 257 g/mol. The maximum absolute atomic E-state index is 13.4. The van der Waals surface area contributed by atoms with Crippen molar-refractivity contribution in [3.63, 3.8) is 0 Å². The highest BCUT2D eigenvalue weighted by Crippen LogP contribution is 2.12.